The quantitative estimate of drug-likeness (QED) is 0.684. The molecule has 1 aliphatic carbocycles. The zero-order valence-corrected chi connectivity index (χ0v) is 10.00. The summed E-state index contributed by atoms with van der Waals surface area (Å²) >= 11 is 0. The molecular weight excluding hydrogens is 199 g/mol. The minimum atomic E-state index is -2.69. The minimum absolute atomic E-state index is 0.0835. The SMILES string of the molecule is CC1CCC(C(C)C)C(O[P+](=O)[O-])C1. The summed E-state index contributed by atoms with van der Waals surface area (Å²) < 4.78 is 15.5. The van der Waals surface area contributed by atoms with Crippen LogP contribution in [0.1, 0.15) is 40.0 Å². The van der Waals surface area contributed by atoms with E-state index in [-0.39, 0.29) is 6.10 Å². The summed E-state index contributed by atoms with van der Waals surface area (Å²) in [5.41, 5.74) is 0. The Kier molecular flexibility index (Phi) is 4.49. The summed E-state index contributed by atoms with van der Waals surface area (Å²) in [7, 11) is -2.69. The lowest BCUT2D eigenvalue weighted by Crippen LogP contribution is -2.33. The molecule has 3 nitrogen and oxygen atoms in total. The number of hydrogen-bond donors (Lipinski definition) is 0. The Balaban J connectivity index is 2.58. The average molecular weight is 218 g/mol. The molecule has 0 spiro atoms. The lowest BCUT2D eigenvalue weighted by Gasteiger charge is -2.33. The summed E-state index contributed by atoms with van der Waals surface area (Å²) in [6.07, 6.45) is 3.08. The maximum absolute atomic E-state index is 10.6. The molecule has 0 heterocycles. The number of hydrogen-bond acceptors (Lipinski definition) is 3. The first-order chi connectivity index (χ1) is 6.50. The van der Waals surface area contributed by atoms with Gasteiger partial charge < -0.3 is 4.89 Å². The highest BCUT2D eigenvalue weighted by Gasteiger charge is 2.34. The smallest absolute Gasteiger partial charge is 0.488 e. The Morgan fingerprint density at radius 2 is 2.07 bits per heavy atom. The van der Waals surface area contributed by atoms with Crippen LogP contribution in [0.15, 0.2) is 0 Å². The van der Waals surface area contributed by atoms with Crippen molar-refractivity contribution in [3.05, 3.63) is 0 Å². The van der Waals surface area contributed by atoms with Gasteiger partial charge in [0.1, 0.15) is 6.10 Å². The van der Waals surface area contributed by atoms with Gasteiger partial charge >= 0.3 is 8.25 Å². The van der Waals surface area contributed by atoms with E-state index in [0.29, 0.717) is 17.8 Å². The van der Waals surface area contributed by atoms with Crippen molar-refractivity contribution in [3.8, 4) is 0 Å². The Bertz CT molecular complexity index is 206. The van der Waals surface area contributed by atoms with Crippen LogP contribution in [-0.2, 0) is 9.09 Å². The van der Waals surface area contributed by atoms with Crippen molar-refractivity contribution in [2.24, 2.45) is 17.8 Å². The molecule has 82 valence electrons. The van der Waals surface area contributed by atoms with Crippen molar-refractivity contribution in [3.63, 3.8) is 0 Å². The second-order valence-electron chi connectivity index (χ2n) is 4.69. The fraction of sp³-hybridized carbons (Fsp3) is 1.00. The van der Waals surface area contributed by atoms with Crippen molar-refractivity contribution >= 4 is 8.25 Å². The van der Waals surface area contributed by atoms with Gasteiger partial charge in [-0.25, -0.2) is 0 Å². The molecule has 0 aromatic carbocycles. The van der Waals surface area contributed by atoms with Crippen LogP contribution in [0.4, 0.5) is 0 Å². The summed E-state index contributed by atoms with van der Waals surface area (Å²) in [6, 6.07) is 0. The van der Waals surface area contributed by atoms with Crippen LogP contribution < -0.4 is 4.89 Å². The molecule has 0 bridgehead atoms. The van der Waals surface area contributed by atoms with Crippen LogP contribution in [0.2, 0.25) is 0 Å². The van der Waals surface area contributed by atoms with Crippen LogP contribution in [0, 0.1) is 17.8 Å². The Morgan fingerprint density at radius 1 is 1.43 bits per heavy atom. The lowest BCUT2D eigenvalue weighted by molar-refractivity contribution is -0.193. The highest BCUT2D eigenvalue weighted by molar-refractivity contribution is 7.30. The first-order valence-electron chi connectivity index (χ1n) is 5.32. The third-order valence-electron chi connectivity index (χ3n) is 3.18. The molecule has 0 amide bonds. The standard InChI is InChI=1S/C10H19O3P/c1-7(2)9-5-4-8(3)6-10(9)13-14(11)12/h7-10H,4-6H2,1-3H3. The highest BCUT2D eigenvalue weighted by atomic mass is 31.1. The van der Waals surface area contributed by atoms with Crippen molar-refractivity contribution in [2.45, 2.75) is 46.1 Å². The third-order valence-corrected chi connectivity index (χ3v) is 3.63. The molecule has 0 aromatic heterocycles. The highest BCUT2D eigenvalue weighted by Crippen LogP contribution is 2.37. The second-order valence-corrected chi connectivity index (χ2v) is 5.35. The van der Waals surface area contributed by atoms with E-state index in [1.54, 1.807) is 0 Å². The van der Waals surface area contributed by atoms with Crippen LogP contribution in [0.25, 0.3) is 0 Å². The lowest BCUT2D eigenvalue weighted by atomic mass is 9.75. The number of rotatable bonds is 3. The molecule has 4 atom stereocenters. The molecule has 0 radical (unpaired) electrons. The summed E-state index contributed by atoms with van der Waals surface area (Å²) in [4.78, 5) is 10.6. The molecule has 0 aliphatic heterocycles. The first kappa shape index (κ1) is 12.1. The summed E-state index contributed by atoms with van der Waals surface area (Å²) in [5, 5.41) is 0. The zero-order valence-electron chi connectivity index (χ0n) is 9.10. The molecule has 1 rings (SSSR count). The maximum atomic E-state index is 10.6. The van der Waals surface area contributed by atoms with Gasteiger partial charge in [0, 0.05) is 0 Å². The van der Waals surface area contributed by atoms with Gasteiger partial charge in [-0.2, -0.15) is 0 Å². The summed E-state index contributed by atoms with van der Waals surface area (Å²) in [5.74, 6) is 1.49. The Morgan fingerprint density at radius 3 is 2.57 bits per heavy atom. The van der Waals surface area contributed by atoms with Crippen molar-refractivity contribution in [2.75, 3.05) is 0 Å². The van der Waals surface area contributed by atoms with Gasteiger partial charge in [0.05, 0.1) is 0 Å². The van der Waals surface area contributed by atoms with Crippen molar-refractivity contribution in [1.82, 2.24) is 0 Å². The minimum Gasteiger partial charge on any atom is -0.566 e. The molecule has 0 saturated heterocycles. The van der Waals surface area contributed by atoms with E-state index >= 15 is 0 Å². The molecule has 4 heteroatoms. The van der Waals surface area contributed by atoms with Crippen molar-refractivity contribution < 1.29 is 14.0 Å². The van der Waals surface area contributed by atoms with Gasteiger partial charge in [0.15, 0.2) is 0 Å². The fourth-order valence-corrected chi connectivity index (χ4v) is 2.81. The van der Waals surface area contributed by atoms with E-state index in [1.807, 2.05) is 0 Å². The second kappa shape index (κ2) is 5.20. The van der Waals surface area contributed by atoms with Crippen LogP contribution in [-0.4, -0.2) is 6.10 Å². The van der Waals surface area contributed by atoms with E-state index in [9.17, 15) is 9.46 Å². The molecule has 1 aliphatic rings. The van der Waals surface area contributed by atoms with Crippen LogP contribution in [0.3, 0.4) is 0 Å². The van der Waals surface area contributed by atoms with Gasteiger partial charge in [0.2, 0.25) is 0 Å². The van der Waals surface area contributed by atoms with Gasteiger partial charge in [0.25, 0.3) is 0 Å². The van der Waals surface area contributed by atoms with Crippen LogP contribution in [0.5, 0.6) is 0 Å². The summed E-state index contributed by atoms with van der Waals surface area (Å²) in [6.45, 7) is 6.43. The van der Waals surface area contributed by atoms with E-state index in [0.717, 1.165) is 12.8 Å². The van der Waals surface area contributed by atoms with E-state index < -0.39 is 8.25 Å². The maximum Gasteiger partial charge on any atom is 0.488 e. The van der Waals surface area contributed by atoms with Gasteiger partial charge in [-0.05, 0) is 35.2 Å². The predicted octanol–water partition coefficient (Wildman–Crippen LogP) is 2.48. The molecule has 14 heavy (non-hydrogen) atoms. The Hall–Kier alpha value is 0.0200. The molecule has 0 aromatic rings. The molecule has 0 N–H and O–H groups in total. The van der Waals surface area contributed by atoms with E-state index in [4.69, 9.17) is 4.52 Å². The zero-order chi connectivity index (χ0) is 10.7. The average Bonchev–Trinajstić information content (AvgIpc) is 2.01. The fourth-order valence-electron chi connectivity index (χ4n) is 2.35. The third kappa shape index (κ3) is 3.30. The molecular formula is C10H19O3P. The topological polar surface area (TPSA) is 49.4 Å². The first-order valence-corrected chi connectivity index (χ1v) is 6.41. The molecule has 4 unspecified atom stereocenters. The van der Waals surface area contributed by atoms with Gasteiger partial charge in [-0.1, -0.05) is 27.2 Å². The van der Waals surface area contributed by atoms with Gasteiger partial charge in [-0.15, -0.1) is 4.52 Å². The molecule has 1 saturated carbocycles. The van der Waals surface area contributed by atoms with Crippen molar-refractivity contribution in [1.29, 1.82) is 0 Å². The molecule has 1 fully saturated rings. The monoisotopic (exact) mass is 218 g/mol. The Labute approximate surface area is 86.8 Å². The van der Waals surface area contributed by atoms with Gasteiger partial charge in [-0.3, -0.25) is 0 Å². The van der Waals surface area contributed by atoms with Crippen LogP contribution >= 0.6 is 8.25 Å². The van der Waals surface area contributed by atoms with E-state index in [1.165, 1.54) is 6.42 Å². The van der Waals surface area contributed by atoms with E-state index in [2.05, 4.69) is 20.8 Å². The predicted molar refractivity (Wildman–Crippen MR) is 53.8 cm³/mol. The largest absolute Gasteiger partial charge is 0.566 e. The normalized spacial score (nSPS) is 34.6.